The van der Waals surface area contributed by atoms with E-state index >= 15 is 0 Å². The molecule has 0 saturated heterocycles. The maximum atomic E-state index is 13.0. The molecule has 5 atom stereocenters. The maximum Gasteiger partial charge on any atom is 0.326 e. The fraction of sp³-hybridized carbons (Fsp3) is 0.682. The molecule has 0 bridgehead atoms. The molecule has 14 heteroatoms. The number of rotatable bonds is 18. The highest BCUT2D eigenvalue weighted by Gasteiger charge is 2.32. The van der Waals surface area contributed by atoms with Gasteiger partial charge in [0, 0.05) is 18.3 Å². The van der Waals surface area contributed by atoms with Gasteiger partial charge in [-0.3, -0.25) is 14.4 Å². The van der Waals surface area contributed by atoms with Crippen molar-refractivity contribution in [3.8, 4) is 0 Å². The molecule has 1 aromatic rings. The topological polar surface area (TPSA) is 252 Å². The number of carboxylic acid groups (broad SMARTS) is 1. The van der Waals surface area contributed by atoms with Crippen LogP contribution >= 0.6 is 0 Å². The first-order chi connectivity index (χ1) is 17.1. The normalized spacial score (nSPS) is 15.2. The zero-order valence-electron chi connectivity index (χ0n) is 20.6. The maximum absolute atomic E-state index is 13.0. The lowest BCUT2D eigenvalue weighted by molar-refractivity contribution is -0.143. The molecule has 36 heavy (non-hydrogen) atoms. The van der Waals surface area contributed by atoms with Gasteiger partial charge in [-0.2, -0.15) is 0 Å². The Morgan fingerprint density at radius 1 is 0.944 bits per heavy atom. The fourth-order valence-corrected chi connectivity index (χ4v) is 3.42. The third kappa shape index (κ3) is 11.1. The number of amides is 3. The third-order valence-electron chi connectivity index (χ3n) is 5.54. The summed E-state index contributed by atoms with van der Waals surface area (Å²) in [4.78, 5) is 56.6. The number of aromatic amines is 1. The second-order valence-corrected chi connectivity index (χ2v) is 8.64. The van der Waals surface area contributed by atoms with Gasteiger partial charge in [-0.1, -0.05) is 6.42 Å². The highest BCUT2D eigenvalue weighted by molar-refractivity contribution is 5.94. The van der Waals surface area contributed by atoms with Crippen LogP contribution in [0.25, 0.3) is 0 Å². The number of H-pyrrole nitrogens is 1. The average Bonchev–Trinajstić information content (AvgIpc) is 3.34. The molecule has 0 saturated carbocycles. The van der Waals surface area contributed by atoms with Crippen molar-refractivity contribution in [2.75, 3.05) is 13.1 Å². The summed E-state index contributed by atoms with van der Waals surface area (Å²) in [5, 5.41) is 27.0. The molecule has 0 aromatic carbocycles. The van der Waals surface area contributed by atoms with Crippen LogP contribution in [0.15, 0.2) is 12.5 Å². The number of carbonyl (C=O) groups is 4. The lowest BCUT2D eigenvalue weighted by Crippen LogP contribution is -2.60. The van der Waals surface area contributed by atoms with Crippen LogP contribution in [0.1, 0.15) is 51.1 Å². The first-order valence-electron chi connectivity index (χ1n) is 12.1. The molecule has 0 spiro atoms. The lowest BCUT2D eigenvalue weighted by Gasteiger charge is -2.26. The molecule has 1 heterocycles. The predicted molar refractivity (Wildman–Crippen MR) is 131 cm³/mol. The molecule has 0 fully saturated rings. The summed E-state index contributed by atoms with van der Waals surface area (Å²) >= 11 is 0. The summed E-state index contributed by atoms with van der Waals surface area (Å²) in [6.07, 6.45) is 4.49. The van der Waals surface area contributed by atoms with Gasteiger partial charge >= 0.3 is 5.97 Å². The van der Waals surface area contributed by atoms with Gasteiger partial charge in [-0.05, 0) is 52.1 Å². The van der Waals surface area contributed by atoms with Gasteiger partial charge in [0.15, 0.2) is 0 Å². The van der Waals surface area contributed by atoms with Crippen molar-refractivity contribution in [1.82, 2.24) is 25.9 Å². The smallest absolute Gasteiger partial charge is 0.326 e. The van der Waals surface area contributed by atoms with E-state index in [0.29, 0.717) is 50.9 Å². The SMILES string of the molecule is CC(O)C(NC(=O)C(CCCCN)NC(=O)C(N)CCCCN)C(=O)NC(Cc1cnc[nH]1)C(=O)O. The lowest BCUT2D eigenvalue weighted by atomic mass is 10.0. The summed E-state index contributed by atoms with van der Waals surface area (Å²) in [5.41, 5.74) is 17.4. The van der Waals surface area contributed by atoms with E-state index < -0.39 is 54.0 Å². The Balaban J connectivity index is 2.89. The van der Waals surface area contributed by atoms with Gasteiger partial charge in [0.2, 0.25) is 17.7 Å². The number of carbonyl (C=O) groups excluding carboxylic acids is 3. The number of aliphatic hydroxyl groups is 1. The van der Waals surface area contributed by atoms with Crippen LogP contribution in [0.5, 0.6) is 0 Å². The second-order valence-electron chi connectivity index (χ2n) is 8.64. The molecule has 3 amide bonds. The minimum atomic E-state index is -1.46. The van der Waals surface area contributed by atoms with Crippen LogP contribution in [0, 0.1) is 0 Å². The third-order valence-corrected chi connectivity index (χ3v) is 5.54. The van der Waals surface area contributed by atoms with Gasteiger partial charge in [0.25, 0.3) is 0 Å². The van der Waals surface area contributed by atoms with Gasteiger partial charge < -0.3 is 48.3 Å². The molecular formula is C22H40N8O6. The molecule has 0 aliphatic heterocycles. The summed E-state index contributed by atoms with van der Waals surface area (Å²) in [6, 6.07) is -4.66. The van der Waals surface area contributed by atoms with Crippen molar-refractivity contribution in [1.29, 1.82) is 0 Å². The number of hydrogen-bond acceptors (Lipinski definition) is 9. The summed E-state index contributed by atoms with van der Waals surface area (Å²) < 4.78 is 0. The van der Waals surface area contributed by atoms with Gasteiger partial charge in [-0.25, -0.2) is 9.78 Å². The van der Waals surface area contributed by atoms with Crippen molar-refractivity contribution in [2.45, 2.75) is 82.1 Å². The van der Waals surface area contributed by atoms with Gasteiger partial charge in [-0.15, -0.1) is 0 Å². The predicted octanol–water partition coefficient (Wildman–Crippen LogP) is -2.54. The molecule has 12 N–H and O–H groups in total. The minimum absolute atomic E-state index is 0.0820. The summed E-state index contributed by atoms with van der Waals surface area (Å²) in [7, 11) is 0. The number of hydrogen-bond donors (Lipinski definition) is 9. The zero-order chi connectivity index (χ0) is 27.1. The van der Waals surface area contributed by atoms with Crippen molar-refractivity contribution in [3.63, 3.8) is 0 Å². The molecule has 5 unspecified atom stereocenters. The fourth-order valence-electron chi connectivity index (χ4n) is 3.42. The molecule has 0 aliphatic rings. The number of nitrogens with one attached hydrogen (secondary N) is 4. The number of aliphatic carboxylic acids is 1. The van der Waals surface area contributed by atoms with Crippen LogP contribution in [-0.4, -0.2) is 87.2 Å². The Labute approximate surface area is 210 Å². The standard InChI is InChI=1S/C22H40N8O6/c1-13(31)18(21(34)29-17(22(35)36)10-14-11-26-12-27-14)30-20(33)16(7-3-5-9-24)28-19(32)15(25)6-2-4-8-23/h11-13,15-18,31H,2-10,23-25H2,1H3,(H,26,27)(H,28,32)(H,29,34)(H,30,33)(H,35,36). The Kier molecular flexibility index (Phi) is 14.3. The number of carboxylic acids is 1. The highest BCUT2D eigenvalue weighted by Crippen LogP contribution is 2.06. The second kappa shape index (κ2) is 16.6. The van der Waals surface area contributed by atoms with E-state index in [4.69, 9.17) is 17.2 Å². The van der Waals surface area contributed by atoms with Crippen LogP contribution in [0.2, 0.25) is 0 Å². The van der Waals surface area contributed by atoms with E-state index in [2.05, 4.69) is 25.9 Å². The Morgan fingerprint density at radius 2 is 1.56 bits per heavy atom. The number of aromatic nitrogens is 2. The van der Waals surface area contributed by atoms with E-state index in [1.807, 2.05) is 0 Å². The number of unbranched alkanes of at least 4 members (excludes halogenated alkanes) is 2. The number of nitrogens with two attached hydrogens (primary N) is 3. The molecule has 0 aliphatic carbocycles. The van der Waals surface area contributed by atoms with Crippen LogP contribution in [0.3, 0.4) is 0 Å². The van der Waals surface area contributed by atoms with E-state index in [1.165, 1.54) is 19.4 Å². The van der Waals surface area contributed by atoms with E-state index in [0.717, 1.165) is 0 Å². The first-order valence-corrected chi connectivity index (χ1v) is 12.1. The Morgan fingerprint density at radius 3 is 2.08 bits per heavy atom. The first kappa shape index (κ1) is 31.0. The van der Waals surface area contributed by atoms with Crippen LogP contribution < -0.4 is 33.2 Å². The van der Waals surface area contributed by atoms with Crippen LogP contribution in [-0.2, 0) is 25.6 Å². The highest BCUT2D eigenvalue weighted by atomic mass is 16.4. The summed E-state index contributed by atoms with van der Waals surface area (Å²) in [5.74, 6) is -3.43. The molecular weight excluding hydrogens is 472 g/mol. The molecule has 1 rings (SSSR count). The largest absolute Gasteiger partial charge is 0.480 e. The van der Waals surface area contributed by atoms with Crippen molar-refractivity contribution in [3.05, 3.63) is 18.2 Å². The van der Waals surface area contributed by atoms with E-state index in [9.17, 15) is 29.4 Å². The van der Waals surface area contributed by atoms with Gasteiger partial charge in [0.1, 0.15) is 18.1 Å². The molecule has 204 valence electrons. The Bertz CT molecular complexity index is 819. The van der Waals surface area contributed by atoms with Crippen molar-refractivity contribution in [2.24, 2.45) is 17.2 Å². The quantitative estimate of drug-likeness (QED) is 0.0931. The van der Waals surface area contributed by atoms with E-state index in [1.54, 1.807) is 0 Å². The number of nitrogens with zero attached hydrogens (tertiary/aromatic N) is 1. The number of imidazole rings is 1. The summed E-state index contributed by atoms with van der Waals surface area (Å²) in [6.45, 7) is 2.16. The van der Waals surface area contributed by atoms with E-state index in [-0.39, 0.29) is 12.8 Å². The van der Waals surface area contributed by atoms with Crippen LogP contribution in [0.4, 0.5) is 0 Å². The molecule has 0 radical (unpaired) electrons. The molecule has 14 nitrogen and oxygen atoms in total. The van der Waals surface area contributed by atoms with Crippen molar-refractivity contribution >= 4 is 23.7 Å². The van der Waals surface area contributed by atoms with Gasteiger partial charge in [0.05, 0.1) is 18.5 Å². The molecule has 1 aromatic heterocycles. The van der Waals surface area contributed by atoms with Crippen molar-refractivity contribution < 1.29 is 29.4 Å². The Hall–Kier alpha value is -3.07. The average molecular weight is 513 g/mol. The zero-order valence-corrected chi connectivity index (χ0v) is 20.6. The monoisotopic (exact) mass is 512 g/mol. The minimum Gasteiger partial charge on any atom is -0.480 e. The number of aliphatic hydroxyl groups excluding tert-OH is 1.